The van der Waals surface area contributed by atoms with Crippen LogP contribution in [-0.2, 0) is 9.53 Å². The Bertz CT molecular complexity index is 214. The molecule has 1 N–H and O–H groups in total. The zero-order valence-electron chi connectivity index (χ0n) is 7.25. The van der Waals surface area contributed by atoms with E-state index < -0.39 is 11.6 Å². The van der Waals surface area contributed by atoms with Gasteiger partial charge in [0, 0.05) is 0 Å². The molecule has 0 heterocycles. The summed E-state index contributed by atoms with van der Waals surface area (Å²) < 4.78 is 4.60. The molecule has 2 bridgehead atoms. The zero-order valence-corrected chi connectivity index (χ0v) is 7.25. The fourth-order valence-corrected chi connectivity index (χ4v) is 2.73. The van der Waals surface area contributed by atoms with Gasteiger partial charge < -0.3 is 9.84 Å². The molecule has 0 aromatic heterocycles. The second-order valence-corrected chi connectivity index (χ2v) is 4.00. The first kappa shape index (κ1) is 8.05. The second-order valence-electron chi connectivity index (χ2n) is 4.00. The molecule has 2 aliphatic carbocycles. The average molecular weight is 170 g/mol. The fourth-order valence-electron chi connectivity index (χ4n) is 2.73. The lowest BCUT2D eigenvalue weighted by Crippen LogP contribution is -2.44. The van der Waals surface area contributed by atoms with Crippen LogP contribution in [0.1, 0.15) is 25.7 Å². The van der Waals surface area contributed by atoms with Gasteiger partial charge in [-0.25, -0.2) is 4.79 Å². The van der Waals surface area contributed by atoms with Crippen LogP contribution < -0.4 is 0 Å². The van der Waals surface area contributed by atoms with E-state index in [0.29, 0.717) is 12.3 Å². The highest BCUT2D eigenvalue weighted by molar-refractivity contribution is 5.80. The number of methoxy groups -OCH3 is 1. The average Bonchev–Trinajstić information content (AvgIpc) is 2.62. The molecule has 0 radical (unpaired) electrons. The Morgan fingerprint density at radius 2 is 2.33 bits per heavy atom. The predicted molar refractivity (Wildman–Crippen MR) is 42.4 cm³/mol. The summed E-state index contributed by atoms with van der Waals surface area (Å²) in [5.41, 5.74) is -1.14. The maximum absolute atomic E-state index is 11.3. The van der Waals surface area contributed by atoms with Gasteiger partial charge in [-0.2, -0.15) is 0 Å². The largest absolute Gasteiger partial charge is 0.467 e. The number of carbonyl (C=O) groups is 1. The van der Waals surface area contributed by atoms with Crippen molar-refractivity contribution in [3.63, 3.8) is 0 Å². The summed E-state index contributed by atoms with van der Waals surface area (Å²) in [4.78, 5) is 11.3. The molecule has 0 saturated heterocycles. The smallest absolute Gasteiger partial charge is 0.338 e. The Kier molecular flexibility index (Phi) is 1.65. The summed E-state index contributed by atoms with van der Waals surface area (Å²) >= 11 is 0. The fraction of sp³-hybridized carbons (Fsp3) is 0.889. The van der Waals surface area contributed by atoms with Crippen molar-refractivity contribution in [3.8, 4) is 0 Å². The minimum Gasteiger partial charge on any atom is -0.467 e. The molecule has 2 saturated carbocycles. The zero-order chi connectivity index (χ0) is 8.77. The molecule has 3 nitrogen and oxygen atoms in total. The molecule has 68 valence electrons. The quantitative estimate of drug-likeness (QED) is 0.589. The Morgan fingerprint density at radius 3 is 2.75 bits per heavy atom. The molecule has 0 amide bonds. The van der Waals surface area contributed by atoms with E-state index in [-0.39, 0.29) is 5.92 Å². The molecule has 2 fully saturated rings. The minimum absolute atomic E-state index is 0.162. The second kappa shape index (κ2) is 2.46. The van der Waals surface area contributed by atoms with Crippen LogP contribution in [0.2, 0.25) is 0 Å². The number of rotatable bonds is 1. The summed E-state index contributed by atoms with van der Waals surface area (Å²) in [6, 6.07) is 0. The van der Waals surface area contributed by atoms with E-state index in [2.05, 4.69) is 4.74 Å². The molecule has 0 aliphatic heterocycles. The van der Waals surface area contributed by atoms with Gasteiger partial charge in [-0.3, -0.25) is 0 Å². The van der Waals surface area contributed by atoms with Crippen LogP contribution >= 0.6 is 0 Å². The van der Waals surface area contributed by atoms with E-state index in [1.165, 1.54) is 13.5 Å². The number of esters is 1. The summed E-state index contributed by atoms with van der Waals surface area (Å²) in [5.74, 6) is 0.281. The van der Waals surface area contributed by atoms with Crippen molar-refractivity contribution in [2.75, 3.05) is 7.11 Å². The maximum Gasteiger partial charge on any atom is 0.338 e. The van der Waals surface area contributed by atoms with Gasteiger partial charge in [0.05, 0.1) is 7.11 Å². The summed E-state index contributed by atoms with van der Waals surface area (Å²) in [6.45, 7) is 0. The van der Waals surface area contributed by atoms with Gasteiger partial charge in [0.25, 0.3) is 0 Å². The van der Waals surface area contributed by atoms with Crippen LogP contribution in [-0.4, -0.2) is 23.8 Å². The number of ether oxygens (including phenoxy) is 1. The monoisotopic (exact) mass is 170 g/mol. The van der Waals surface area contributed by atoms with E-state index in [4.69, 9.17) is 0 Å². The van der Waals surface area contributed by atoms with Crippen molar-refractivity contribution in [2.24, 2.45) is 11.8 Å². The van der Waals surface area contributed by atoms with E-state index in [9.17, 15) is 9.90 Å². The van der Waals surface area contributed by atoms with Crippen molar-refractivity contribution in [1.82, 2.24) is 0 Å². The molecule has 0 aromatic carbocycles. The SMILES string of the molecule is COC(=O)C1(O)CC2CCC1C2. The minimum atomic E-state index is -1.14. The highest BCUT2D eigenvalue weighted by Gasteiger charge is 2.55. The Hall–Kier alpha value is -0.570. The topological polar surface area (TPSA) is 46.5 Å². The lowest BCUT2D eigenvalue weighted by molar-refractivity contribution is -0.168. The van der Waals surface area contributed by atoms with Crippen molar-refractivity contribution in [1.29, 1.82) is 0 Å². The van der Waals surface area contributed by atoms with Crippen LogP contribution in [0.25, 0.3) is 0 Å². The summed E-state index contributed by atoms with van der Waals surface area (Å²) in [5, 5.41) is 9.98. The molecule has 0 aromatic rings. The molecule has 3 heteroatoms. The third kappa shape index (κ3) is 0.891. The van der Waals surface area contributed by atoms with Gasteiger partial charge in [0.15, 0.2) is 5.60 Å². The van der Waals surface area contributed by atoms with E-state index in [1.54, 1.807) is 0 Å². The molecule has 0 spiro atoms. The third-order valence-corrected chi connectivity index (χ3v) is 3.36. The van der Waals surface area contributed by atoms with Crippen LogP contribution in [0.15, 0.2) is 0 Å². The summed E-state index contributed by atoms with van der Waals surface area (Å²) in [7, 11) is 1.34. The highest BCUT2D eigenvalue weighted by Crippen LogP contribution is 2.51. The predicted octanol–water partition coefficient (Wildman–Crippen LogP) is 0.710. The van der Waals surface area contributed by atoms with E-state index in [0.717, 1.165) is 12.8 Å². The van der Waals surface area contributed by atoms with Crippen molar-refractivity contribution < 1.29 is 14.6 Å². The van der Waals surface area contributed by atoms with Crippen LogP contribution in [0.5, 0.6) is 0 Å². The number of fused-ring (bicyclic) bond motifs is 2. The number of carbonyl (C=O) groups excluding carboxylic acids is 1. The molecule has 3 unspecified atom stereocenters. The van der Waals surface area contributed by atoms with Crippen molar-refractivity contribution >= 4 is 5.97 Å². The van der Waals surface area contributed by atoms with Gasteiger partial charge in [-0.15, -0.1) is 0 Å². The van der Waals surface area contributed by atoms with Gasteiger partial charge in [0.2, 0.25) is 0 Å². The lowest BCUT2D eigenvalue weighted by Gasteiger charge is -2.28. The molecular weight excluding hydrogens is 156 g/mol. The Morgan fingerprint density at radius 1 is 1.58 bits per heavy atom. The summed E-state index contributed by atoms with van der Waals surface area (Å²) in [6.07, 6.45) is 3.77. The van der Waals surface area contributed by atoms with Crippen LogP contribution in [0.3, 0.4) is 0 Å². The first-order valence-corrected chi connectivity index (χ1v) is 4.47. The Balaban J connectivity index is 2.17. The van der Waals surface area contributed by atoms with Crippen LogP contribution in [0.4, 0.5) is 0 Å². The third-order valence-electron chi connectivity index (χ3n) is 3.36. The maximum atomic E-state index is 11.3. The molecule has 2 rings (SSSR count). The normalized spacial score (nSPS) is 44.8. The van der Waals surface area contributed by atoms with Crippen molar-refractivity contribution in [2.45, 2.75) is 31.3 Å². The number of aliphatic hydroxyl groups is 1. The van der Waals surface area contributed by atoms with Gasteiger partial charge in [0.1, 0.15) is 0 Å². The molecular formula is C9H14O3. The Labute approximate surface area is 71.7 Å². The van der Waals surface area contributed by atoms with Gasteiger partial charge >= 0.3 is 5.97 Å². The standard InChI is InChI=1S/C9H14O3/c1-12-8(10)9(11)5-6-2-3-7(9)4-6/h6-7,11H,2-5H2,1H3. The first-order chi connectivity index (χ1) is 5.66. The van der Waals surface area contributed by atoms with E-state index >= 15 is 0 Å². The molecule has 12 heavy (non-hydrogen) atoms. The lowest BCUT2D eigenvalue weighted by atomic mass is 9.84. The molecule has 2 aliphatic rings. The highest BCUT2D eigenvalue weighted by atomic mass is 16.5. The van der Waals surface area contributed by atoms with E-state index in [1.807, 2.05) is 0 Å². The first-order valence-electron chi connectivity index (χ1n) is 4.47. The number of hydrogen-bond donors (Lipinski definition) is 1. The van der Waals surface area contributed by atoms with Crippen LogP contribution in [0, 0.1) is 11.8 Å². The van der Waals surface area contributed by atoms with Crippen molar-refractivity contribution in [3.05, 3.63) is 0 Å². The molecule has 3 atom stereocenters. The number of hydrogen-bond acceptors (Lipinski definition) is 3. The van der Waals surface area contributed by atoms with Gasteiger partial charge in [-0.1, -0.05) is 0 Å². The van der Waals surface area contributed by atoms with Gasteiger partial charge in [-0.05, 0) is 37.5 Å².